The quantitative estimate of drug-likeness (QED) is 0.926. The predicted molar refractivity (Wildman–Crippen MR) is 83.4 cm³/mol. The molecule has 0 unspecified atom stereocenters. The molecule has 0 spiro atoms. The van der Waals surface area contributed by atoms with Gasteiger partial charge in [0.05, 0.1) is 0 Å². The maximum atomic E-state index is 5.93. The van der Waals surface area contributed by atoms with Crippen LogP contribution in [0.25, 0.3) is 10.1 Å². The second kappa shape index (κ2) is 4.89. The molecule has 19 heavy (non-hydrogen) atoms. The van der Waals surface area contributed by atoms with E-state index in [1.165, 1.54) is 40.0 Å². The molecule has 0 aliphatic carbocycles. The van der Waals surface area contributed by atoms with Crippen molar-refractivity contribution in [3.8, 4) is 0 Å². The van der Waals surface area contributed by atoms with Crippen molar-refractivity contribution in [2.75, 3.05) is 13.1 Å². The Balaban J connectivity index is 1.92. The van der Waals surface area contributed by atoms with Gasteiger partial charge in [-0.1, -0.05) is 32.0 Å². The number of likely N-dealkylation sites (tertiary alicyclic amines) is 1. The molecule has 0 atom stereocenters. The third-order valence-corrected chi connectivity index (χ3v) is 5.34. The van der Waals surface area contributed by atoms with E-state index in [4.69, 9.17) is 5.73 Å². The molecule has 102 valence electrons. The molecule has 2 N–H and O–H groups in total. The zero-order chi connectivity index (χ0) is 13.5. The lowest BCUT2D eigenvalue weighted by molar-refractivity contribution is 0.285. The van der Waals surface area contributed by atoms with Crippen LogP contribution in [0, 0.1) is 5.41 Å². The van der Waals surface area contributed by atoms with E-state index in [2.05, 4.69) is 43.0 Å². The molecule has 0 radical (unpaired) electrons. The van der Waals surface area contributed by atoms with Crippen molar-refractivity contribution in [2.45, 2.75) is 33.4 Å². The van der Waals surface area contributed by atoms with E-state index in [9.17, 15) is 0 Å². The number of thiophene rings is 1. The van der Waals surface area contributed by atoms with Gasteiger partial charge in [0.1, 0.15) is 0 Å². The smallest absolute Gasteiger partial charge is 0.0349 e. The van der Waals surface area contributed by atoms with Crippen molar-refractivity contribution in [3.63, 3.8) is 0 Å². The maximum absolute atomic E-state index is 5.93. The van der Waals surface area contributed by atoms with Gasteiger partial charge in [-0.2, -0.15) is 0 Å². The topological polar surface area (TPSA) is 29.3 Å². The van der Waals surface area contributed by atoms with Crippen molar-refractivity contribution >= 4 is 21.4 Å². The summed E-state index contributed by atoms with van der Waals surface area (Å²) < 4.78 is 1.37. The zero-order valence-electron chi connectivity index (χ0n) is 11.8. The third-order valence-electron chi connectivity index (χ3n) is 4.11. The van der Waals surface area contributed by atoms with Gasteiger partial charge >= 0.3 is 0 Å². The Hall–Kier alpha value is -0.900. The second-order valence-corrected chi connectivity index (χ2v) is 7.47. The number of rotatable bonds is 3. The van der Waals surface area contributed by atoms with Gasteiger partial charge in [-0.25, -0.2) is 0 Å². The summed E-state index contributed by atoms with van der Waals surface area (Å²) in [6.45, 7) is 8.85. The van der Waals surface area contributed by atoms with E-state index in [1.54, 1.807) is 0 Å². The molecule has 2 nitrogen and oxygen atoms in total. The van der Waals surface area contributed by atoms with E-state index in [0.717, 1.165) is 6.54 Å². The minimum Gasteiger partial charge on any atom is -0.326 e. The summed E-state index contributed by atoms with van der Waals surface area (Å²) in [5.74, 6) is 0. The molecule has 0 saturated carbocycles. The van der Waals surface area contributed by atoms with Crippen LogP contribution in [0.1, 0.15) is 30.7 Å². The summed E-state index contributed by atoms with van der Waals surface area (Å²) in [6, 6.07) is 8.69. The minimum absolute atomic E-state index is 0.467. The molecule has 1 aromatic carbocycles. The Morgan fingerprint density at radius 2 is 2.11 bits per heavy atom. The van der Waals surface area contributed by atoms with Crippen molar-refractivity contribution in [3.05, 3.63) is 34.7 Å². The second-order valence-electron chi connectivity index (χ2n) is 6.33. The van der Waals surface area contributed by atoms with Crippen LogP contribution in [0.2, 0.25) is 0 Å². The van der Waals surface area contributed by atoms with Crippen LogP contribution in [0.4, 0.5) is 0 Å². The lowest BCUT2D eigenvalue weighted by atomic mass is 9.93. The van der Waals surface area contributed by atoms with Gasteiger partial charge in [-0.05, 0) is 35.4 Å². The molecule has 1 aliphatic rings. The summed E-state index contributed by atoms with van der Waals surface area (Å²) >= 11 is 1.86. The van der Waals surface area contributed by atoms with E-state index >= 15 is 0 Å². The Morgan fingerprint density at radius 3 is 2.79 bits per heavy atom. The number of hydrogen-bond acceptors (Lipinski definition) is 3. The average molecular weight is 274 g/mol. The summed E-state index contributed by atoms with van der Waals surface area (Å²) in [4.78, 5) is 3.93. The molecule has 1 aliphatic heterocycles. The van der Waals surface area contributed by atoms with Crippen molar-refractivity contribution in [2.24, 2.45) is 11.1 Å². The van der Waals surface area contributed by atoms with Crippen LogP contribution >= 0.6 is 11.3 Å². The number of hydrogen-bond donors (Lipinski definition) is 1. The standard InChI is InChI=1S/C16H22N2S/c1-16(2)7-8-18(11-16)10-13-12-5-3-4-6-14(12)19-15(13)9-17/h3-6H,7-11,17H2,1-2H3. The molecular formula is C16H22N2S. The SMILES string of the molecule is CC1(C)CCN(Cc2c(CN)sc3ccccc23)C1. The fourth-order valence-corrected chi connectivity index (χ4v) is 4.16. The summed E-state index contributed by atoms with van der Waals surface area (Å²) in [5.41, 5.74) is 7.86. The maximum Gasteiger partial charge on any atom is 0.0349 e. The average Bonchev–Trinajstić information content (AvgIpc) is 2.91. The number of benzene rings is 1. The Kier molecular flexibility index (Phi) is 3.37. The van der Waals surface area contributed by atoms with Gasteiger partial charge < -0.3 is 5.73 Å². The van der Waals surface area contributed by atoms with Crippen LogP contribution < -0.4 is 5.73 Å². The Morgan fingerprint density at radius 1 is 1.32 bits per heavy atom. The van der Waals surface area contributed by atoms with Crippen molar-refractivity contribution < 1.29 is 0 Å². The fourth-order valence-electron chi connectivity index (χ4n) is 3.07. The predicted octanol–water partition coefficient (Wildman–Crippen LogP) is 3.59. The molecule has 1 aromatic heterocycles. The summed E-state index contributed by atoms with van der Waals surface area (Å²) in [5, 5.41) is 1.40. The molecule has 3 heteroatoms. The Labute approximate surface area is 119 Å². The first kappa shape index (κ1) is 13.1. The van der Waals surface area contributed by atoms with E-state index in [-0.39, 0.29) is 0 Å². The number of fused-ring (bicyclic) bond motifs is 1. The van der Waals surface area contributed by atoms with Gasteiger partial charge in [-0.15, -0.1) is 11.3 Å². The summed E-state index contributed by atoms with van der Waals surface area (Å²) in [6.07, 6.45) is 1.30. The molecule has 2 heterocycles. The molecule has 3 rings (SSSR count). The highest BCUT2D eigenvalue weighted by molar-refractivity contribution is 7.19. The van der Waals surface area contributed by atoms with Crippen LogP contribution in [0.15, 0.2) is 24.3 Å². The van der Waals surface area contributed by atoms with Gasteiger partial charge in [0.15, 0.2) is 0 Å². The molecular weight excluding hydrogens is 252 g/mol. The van der Waals surface area contributed by atoms with Crippen molar-refractivity contribution in [1.82, 2.24) is 4.90 Å². The number of nitrogens with two attached hydrogens (primary N) is 1. The van der Waals surface area contributed by atoms with E-state index in [1.807, 2.05) is 11.3 Å². The molecule has 1 fully saturated rings. The van der Waals surface area contributed by atoms with E-state index in [0.29, 0.717) is 12.0 Å². The largest absolute Gasteiger partial charge is 0.326 e. The fraction of sp³-hybridized carbons (Fsp3) is 0.500. The van der Waals surface area contributed by atoms with Crippen LogP contribution in [0.3, 0.4) is 0 Å². The normalized spacial score (nSPS) is 19.3. The summed E-state index contributed by atoms with van der Waals surface area (Å²) in [7, 11) is 0. The monoisotopic (exact) mass is 274 g/mol. The van der Waals surface area contributed by atoms with Crippen LogP contribution in [-0.4, -0.2) is 18.0 Å². The van der Waals surface area contributed by atoms with Gasteiger partial charge in [0.25, 0.3) is 0 Å². The van der Waals surface area contributed by atoms with Gasteiger partial charge in [0.2, 0.25) is 0 Å². The van der Waals surface area contributed by atoms with E-state index < -0.39 is 0 Å². The Bertz CT molecular complexity index is 585. The highest BCUT2D eigenvalue weighted by Crippen LogP contribution is 2.35. The highest BCUT2D eigenvalue weighted by atomic mass is 32.1. The minimum atomic E-state index is 0.467. The first-order valence-corrected chi connectivity index (χ1v) is 7.82. The first-order chi connectivity index (χ1) is 9.09. The first-order valence-electron chi connectivity index (χ1n) is 7.01. The zero-order valence-corrected chi connectivity index (χ0v) is 12.6. The lowest BCUT2D eigenvalue weighted by Crippen LogP contribution is -2.23. The third kappa shape index (κ3) is 2.55. The van der Waals surface area contributed by atoms with Gasteiger partial charge in [-0.3, -0.25) is 4.90 Å². The van der Waals surface area contributed by atoms with Crippen LogP contribution in [0.5, 0.6) is 0 Å². The molecule has 2 aromatic rings. The van der Waals surface area contributed by atoms with Crippen LogP contribution in [-0.2, 0) is 13.1 Å². The molecule has 0 bridgehead atoms. The number of nitrogens with zero attached hydrogens (tertiary/aromatic N) is 1. The molecule has 1 saturated heterocycles. The molecule has 0 amide bonds. The van der Waals surface area contributed by atoms with Crippen molar-refractivity contribution in [1.29, 1.82) is 0 Å². The van der Waals surface area contributed by atoms with Gasteiger partial charge in [0, 0.05) is 29.2 Å². The lowest BCUT2D eigenvalue weighted by Gasteiger charge is -2.20. The highest BCUT2D eigenvalue weighted by Gasteiger charge is 2.29.